The van der Waals surface area contributed by atoms with Gasteiger partial charge in [0.1, 0.15) is 0 Å². The summed E-state index contributed by atoms with van der Waals surface area (Å²) in [4.78, 5) is 2.49. The van der Waals surface area contributed by atoms with Crippen LogP contribution in [0.5, 0.6) is 0 Å². The fraction of sp³-hybridized carbons (Fsp3) is 0.571. The van der Waals surface area contributed by atoms with Gasteiger partial charge < -0.3 is 10.1 Å². The molecule has 1 N–H and O–H groups in total. The van der Waals surface area contributed by atoms with E-state index in [4.69, 9.17) is 4.74 Å². The Morgan fingerprint density at radius 2 is 1.88 bits per heavy atom. The van der Waals surface area contributed by atoms with Crippen LogP contribution in [0.1, 0.15) is 24.2 Å². The van der Waals surface area contributed by atoms with Gasteiger partial charge in [-0.2, -0.15) is 0 Å². The van der Waals surface area contributed by atoms with E-state index < -0.39 is 0 Å². The van der Waals surface area contributed by atoms with Crippen LogP contribution in [-0.4, -0.2) is 38.2 Å². The second-order valence-corrected chi connectivity index (χ2v) is 4.65. The van der Waals surface area contributed by atoms with Gasteiger partial charge in [-0.05, 0) is 18.1 Å². The lowest BCUT2D eigenvalue weighted by atomic mass is 10.1. The summed E-state index contributed by atoms with van der Waals surface area (Å²) in [6, 6.07) is 8.77. The highest BCUT2D eigenvalue weighted by atomic mass is 16.5. The number of piperazine rings is 1. The molecular weight excluding hydrogens is 212 g/mol. The molecule has 0 aliphatic carbocycles. The number of hydrogen-bond acceptors (Lipinski definition) is 3. The van der Waals surface area contributed by atoms with E-state index in [9.17, 15) is 0 Å². The van der Waals surface area contributed by atoms with Crippen molar-refractivity contribution in [1.29, 1.82) is 0 Å². The minimum Gasteiger partial charge on any atom is -0.377 e. The minimum absolute atomic E-state index is 0.184. The van der Waals surface area contributed by atoms with E-state index in [1.54, 1.807) is 7.11 Å². The van der Waals surface area contributed by atoms with E-state index >= 15 is 0 Å². The quantitative estimate of drug-likeness (QED) is 0.859. The predicted octanol–water partition coefficient (Wildman–Crippen LogP) is 1.80. The Morgan fingerprint density at radius 3 is 2.47 bits per heavy atom. The van der Waals surface area contributed by atoms with Gasteiger partial charge in [0.25, 0.3) is 0 Å². The van der Waals surface area contributed by atoms with Crippen molar-refractivity contribution in [2.75, 3.05) is 33.3 Å². The molecule has 0 radical (unpaired) electrons. The Balaban J connectivity index is 1.93. The van der Waals surface area contributed by atoms with Gasteiger partial charge in [-0.1, -0.05) is 24.3 Å². The summed E-state index contributed by atoms with van der Waals surface area (Å²) in [7, 11) is 1.75. The maximum absolute atomic E-state index is 5.31. The fourth-order valence-corrected chi connectivity index (χ4v) is 2.16. The number of rotatable bonds is 4. The first-order chi connectivity index (χ1) is 8.29. The van der Waals surface area contributed by atoms with Crippen LogP contribution in [0, 0.1) is 0 Å². The number of methoxy groups -OCH3 is 1. The summed E-state index contributed by atoms with van der Waals surface area (Å²) in [6.45, 7) is 7.65. The van der Waals surface area contributed by atoms with Crippen LogP contribution in [0.4, 0.5) is 0 Å². The molecule has 1 fully saturated rings. The maximum Gasteiger partial charge on any atom is 0.0793 e. The highest BCUT2D eigenvalue weighted by Gasteiger charge is 2.10. The Hall–Kier alpha value is -0.900. The topological polar surface area (TPSA) is 24.5 Å². The molecule has 2 rings (SSSR count). The lowest BCUT2D eigenvalue weighted by Gasteiger charge is -2.27. The smallest absolute Gasteiger partial charge is 0.0793 e. The molecule has 1 saturated heterocycles. The third-order valence-corrected chi connectivity index (χ3v) is 3.42. The van der Waals surface area contributed by atoms with Crippen molar-refractivity contribution in [1.82, 2.24) is 10.2 Å². The van der Waals surface area contributed by atoms with Crippen molar-refractivity contribution >= 4 is 0 Å². The summed E-state index contributed by atoms with van der Waals surface area (Å²) >= 11 is 0. The van der Waals surface area contributed by atoms with E-state index in [-0.39, 0.29) is 6.10 Å². The van der Waals surface area contributed by atoms with Gasteiger partial charge in [0.05, 0.1) is 6.10 Å². The summed E-state index contributed by atoms with van der Waals surface area (Å²) in [5.74, 6) is 0. The van der Waals surface area contributed by atoms with Crippen molar-refractivity contribution in [2.24, 2.45) is 0 Å². The lowest BCUT2D eigenvalue weighted by molar-refractivity contribution is 0.119. The molecule has 0 saturated carbocycles. The second-order valence-electron chi connectivity index (χ2n) is 4.65. The summed E-state index contributed by atoms with van der Waals surface area (Å²) in [5.41, 5.74) is 2.63. The van der Waals surface area contributed by atoms with Gasteiger partial charge in [-0.3, -0.25) is 4.90 Å². The van der Waals surface area contributed by atoms with Crippen LogP contribution in [-0.2, 0) is 11.3 Å². The van der Waals surface area contributed by atoms with Gasteiger partial charge in [0, 0.05) is 39.8 Å². The SMILES string of the molecule is COC(C)c1ccc(CN2CCNCC2)cc1. The van der Waals surface area contributed by atoms with Crippen molar-refractivity contribution in [3.8, 4) is 0 Å². The molecule has 1 heterocycles. The molecule has 1 aliphatic heterocycles. The van der Waals surface area contributed by atoms with E-state index in [1.165, 1.54) is 11.1 Å². The largest absolute Gasteiger partial charge is 0.377 e. The number of hydrogen-bond donors (Lipinski definition) is 1. The van der Waals surface area contributed by atoms with Crippen LogP contribution in [0.15, 0.2) is 24.3 Å². The molecule has 0 bridgehead atoms. The van der Waals surface area contributed by atoms with Crippen molar-refractivity contribution in [3.05, 3.63) is 35.4 Å². The van der Waals surface area contributed by atoms with Crippen LogP contribution >= 0.6 is 0 Å². The number of benzene rings is 1. The molecule has 3 nitrogen and oxygen atoms in total. The van der Waals surface area contributed by atoms with Crippen molar-refractivity contribution in [2.45, 2.75) is 19.6 Å². The van der Waals surface area contributed by atoms with Crippen LogP contribution in [0.2, 0.25) is 0 Å². The van der Waals surface area contributed by atoms with Crippen molar-refractivity contribution < 1.29 is 4.74 Å². The van der Waals surface area contributed by atoms with Gasteiger partial charge in [0.15, 0.2) is 0 Å². The van der Waals surface area contributed by atoms with E-state index in [0.29, 0.717) is 0 Å². The van der Waals surface area contributed by atoms with Crippen LogP contribution < -0.4 is 5.32 Å². The summed E-state index contributed by atoms with van der Waals surface area (Å²) in [5, 5.41) is 3.37. The number of nitrogens with zero attached hydrogens (tertiary/aromatic N) is 1. The Bertz CT molecular complexity index is 331. The number of nitrogens with one attached hydrogen (secondary N) is 1. The Morgan fingerprint density at radius 1 is 1.24 bits per heavy atom. The fourth-order valence-electron chi connectivity index (χ4n) is 2.16. The van der Waals surface area contributed by atoms with Gasteiger partial charge in [0.2, 0.25) is 0 Å². The molecule has 94 valence electrons. The maximum atomic E-state index is 5.31. The standard InChI is InChI=1S/C14H22N2O/c1-12(17-2)14-5-3-13(4-6-14)11-16-9-7-15-8-10-16/h3-6,12,15H,7-11H2,1-2H3. The molecule has 0 spiro atoms. The van der Waals surface area contributed by atoms with Gasteiger partial charge in [-0.25, -0.2) is 0 Å². The third-order valence-electron chi connectivity index (χ3n) is 3.42. The number of ether oxygens (including phenoxy) is 1. The molecule has 1 aliphatic rings. The lowest BCUT2D eigenvalue weighted by Crippen LogP contribution is -2.42. The predicted molar refractivity (Wildman–Crippen MR) is 70.0 cm³/mol. The zero-order valence-corrected chi connectivity index (χ0v) is 10.8. The molecule has 0 amide bonds. The highest BCUT2D eigenvalue weighted by Crippen LogP contribution is 2.16. The molecule has 1 aromatic carbocycles. The van der Waals surface area contributed by atoms with Gasteiger partial charge >= 0.3 is 0 Å². The second kappa shape index (κ2) is 6.15. The molecule has 1 atom stereocenters. The van der Waals surface area contributed by atoms with E-state index in [2.05, 4.69) is 41.4 Å². The average Bonchev–Trinajstić information content (AvgIpc) is 2.40. The van der Waals surface area contributed by atoms with Crippen molar-refractivity contribution in [3.63, 3.8) is 0 Å². The minimum atomic E-state index is 0.184. The first-order valence-corrected chi connectivity index (χ1v) is 6.34. The molecule has 17 heavy (non-hydrogen) atoms. The van der Waals surface area contributed by atoms with Crippen LogP contribution in [0.25, 0.3) is 0 Å². The zero-order chi connectivity index (χ0) is 12.1. The van der Waals surface area contributed by atoms with Crippen LogP contribution in [0.3, 0.4) is 0 Å². The molecule has 0 aromatic heterocycles. The third kappa shape index (κ3) is 3.53. The Kier molecular flexibility index (Phi) is 4.54. The monoisotopic (exact) mass is 234 g/mol. The summed E-state index contributed by atoms with van der Waals surface area (Å²) in [6.07, 6.45) is 0.184. The average molecular weight is 234 g/mol. The first kappa shape index (κ1) is 12.6. The Labute approximate surface area is 104 Å². The normalized spacial score (nSPS) is 19.2. The molecule has 3 heteroatoms. The summed E-state index contributed by atoms with van der Waals surface area (Å²) < 4.78 is 5.31. The van der Waals surface area contributed by atoms with Gasteiger partial charge in [-0.15, -0.1) is 0 Å². The highest BCUT2D eigenvalue weighted by molar-refractivity contribution is 5.24. The van der Waals surface area contributed by atoms with E-state index in [0.717, 1.165) is 32.7 Å². The van der Waals surface area contributed by atoms with E-state index in [1.807, 2.05) is 0 Å². The molecule has 1 aromatic rings. The molecule has 1 unspecified atom stereocenters. The zero-order valence-electron chi connectivity index (χ0n) is 10.8. The molecular formula is C14H22N2O. The first-order valence-electron chi connectivity index (χ1n) is 6.34.